The third-order valence-corrected chi connectivity index (χ3v) is 1.94. The summed E-state index contributed by atoms with van der Waals surface area (Å²) in [5, 5.41) is 3.28. The number of rotatable bonds is 0. The molecule has 1 fully saturated rings. The van der Waals surface area contributed by atoms with Crippen molar-refractivity contribution in [3.63, 3.8) is 0 Å². The number of dihydropyridines is 1. The molecule has 0 saturated carbocycles. The van der Waals surface area contributed by atoms with E-state index in [1.54, 1.807) is 0 Å². The van der Waals surface area contributed by atoms with E-state index in [0.29, 0.717) is 0 Å². The Morgan fingerprint density at radius 2 is 2.40 bits per heavy atom. The van der Waals surface area contributed by atoms with Crippen molar-refractivity contribution in [2.45, 2.75) is 12.5 Å². The molecule has 2 rings (SSSR count). The maximum absolute atomic E-state index is 5.12. The maximum Gasteiger partial charge on any atom is 0.103 e. The van der Waals surface area contributed by atoms with Crippen LogP contribution in [0.2, 0.25) is 0 Å². The summed E-state index contributed by atoms with van der Waals surface area (Å²) >= 11 is 0. The van der Waals surface area contributed by atoms with Crippen LogP contribution in [0.1, 0.15) is 6.92 Å². The van der Waals surface area contributed by atoms with E-state index in [2.05, 4.69) is 24.4 Å². The summed E-state index contributed by atoms with van der Waals surface area (Å²) in [5.41, 5.74) is 1.47. The fraction of sp³-hybridized carbons (Fsp3) is 0.500. The minimum Gasteiger partial charge on any atom is -0.378 e. The van der Waals surface area contributed by atoms with E-state index in [-0.39, 0.29) is 5.54 Å². The molecular weight excluding hydrogens is 126 g/mol. The van der Waals surface area contributed by atoms with Crippen LogP contribution in [0.5, 0.6) is 0 Å². The molecule has 0 aromatic rings. The molecule has 0 aromatic carbocycles. The van der Waals surface area contributed by atoms with Crippen molar-refractivity contribution in [1.29, 1.82) is 0 Å². The molecule has 0 aliphatic carbocycles. The molecule has 0 radical (unpaired) electrons. The summed E-state index contributed by atoms with van der Waals surface area (Å²) in [5.74, 6) is 0. The summed E-state index contributed by atoms with van der Waals surface area (Å²) in [7, 11) is 0. The number of hydrogen-bond donors (Lipinski definition) is 1. The predicted octanol–water partition coefficient (Wildman–Crippen LogP) is 0.819. The minimum atomic E-state index is 0.152. The van der Waals surface area contributed by atoms with Gasteiger partial charge >= 0.3 is 0 Å². The summed E-state index contributed by atoms with van der Waals surface area (Å²) in [4.78, 5) is 0. The molecule has 1 spiro atoms. The monoisotopic (exact) mass is 137 g/mol. The SMILES string of the molecule is CC1=CC2(COC2)NC=C1. The highest BCUT2D eigenvalue weighted by atomic mass is 16.5. The van der Waals surface area contributed by atoms with Crippen LogP contribution in [0.4, 0.5) is 0 Å². The molecule has 2 aliphatic heterocycles. The number of nitrogens with one attached hydrogen (secondary N) is 1. The van der Waals surface area contributed by atoms with Crippen molar-refractivity contribution in [3.05, 3.63) is 23.9 Å². The molecule has 0 bridgehead atoms. The first kappa shape index (κ1) is 5.98. The highest BCUT2D eigenvalue weighted by Gasteiger charge is 2.36. The summed E-state index contributed by atoms with van der Waals surface area (Å²) < 4.78 is 5.12. The fourth-order valence-electron chi connectivity index (χ4n) is 1.35. The highest BCUT2D eigenvalue weighted by molar-refractivity contribution is 5.29. The Morgan fingerprint density at radius 1 is 1.60 bits per heavy atom. The van der Waals surface area contributed by atoms with Crippen LogP contribution >= 0.6 is 0 Å². The quantitative estimate of drug-likeness (QED) is 0.533. The van der Waals surface area contributed by atoms with Gasteiger partial charge in [0.25, 0.3) is 0 Å². The molecule has 0 amide bonds. The van der Waals surface area contributed by atoms with Crippen LogP contribution in [0.15, 0.2) is 23.9 Å². The second-order valence-electron chi connectivity index (χ2n) is 3.01. The van der Waals surface area contributed by atoms with Crippen molar-refractivity contribution in [1.82, 2.24) is 5.32 Å². The van der Waals surface area contributed by atoms with Crippen molar-refractivity contribution >= 4 is 0 Å². The molecule has 0 atom stereocenters. The van der Waals surface area contributed by atoms with Gasteiger partial charge in [0.15, 0.2) is 0 Å². The predicted molar refractivity (Wildman–Crippen MR) is 39.6 cm³/mol. The molecular formula is C8H11NO. The van der Waals surface area contributed by atoms with Gasteiger partial charge in [0.1, 0.15) is 5.54 Å². The van der Waals surface area contributed by atoms with Gasteiger partial charge in [0, 0.05) is 0 Å². The van der Waals surface area contributed by atoms with Crippen LogP contribution < -0.4 is 5.32 Å². The Morgan fingerprint density at radius 3 is 2.80 bits per heavy atom. The van der Waals surface area contributed by atoms with Crippen molar-refractivity contribution < 1.29 is 4.74 Å². The topological polar surface area (TPSA) is 21.3 Å². The number of hydrogen-bond acceptors (Lipinski definition) is 2. The average molecular weight is 137 g/mol. The van der Waals surface area contributed by atoms with Crippen LogP contribution in [0.25, 0.3) is 0 Å². The molecule has 1 N–H and O–H groups in total. The van der Waals surface area contributed by atoms with Crippen LogP contribution in [0.3, 0.4) is 0 Å². The third kappa shape index (κ3) is 0.762. The lowest BCUT2D eigenvalue weighted by Crippen LogP contribution is -2.58. The second-order valence-corrected chi connectivity index (χ2v) is 3.01. The molecule has 2 nitrogen and oxygen atoms in total. The lowest BCUT2D eigenvalue weighted by atomic mass is 9.93. The summed E-state index contributed by atoms with van der Waals surface area (Å²) in [6, 6.07) is 0. The molecule has 0 aromatic heterocycles. The van der Waals surface area contributed by atoms with Gasteiger partial charge in [-0.3, -0.25) is 0 Å². The normalized spacial score (nSPS) is 27.1. The lowest BCUT2D eigenvalue weighted by molar-refractivity contribution is -0.0423. The fourth-order valence-corrected chi connectivity index (χ4v) is 1.35. The molecule has 1 saturated heterocycles. The minimum absolute atomic E-state index is 0.152. The largest absolute Gasteiger partial charge is 0.378 e. The van der Waals surface area contributed by atoms with Crippen LogP contribution in [-0.2, 0) is 4.74 Å². The van der Waals surface area contributed by atoms with Crippen molar-refractivity contribution in [2.24, 2.45) is 0 Å². The Balaban J connectivity index is 2.20. The van der Waals surface area contributed by atoms with Crippen LogP contribution in [-0.4, -0.2) is 18.8 Å². The Hall–Kier alpha value is -0.760. The van der Waals surface area contributed by atoms with Gasteiger partial charge in [-0.05, 0) is 19.2 Å². The molecule has 2 aliphatic rings. The van der Waals surface area contributed by atoms with Crippen LogP contribution in [0, 0.1) is 0 Å². The summed E-state index contributed by atoms with van der Waals surface area (Å²) in [6.07, 6.45) is 6.30. The summed E-state index contributed by atoms with van der Waals surface area (Å²) in [6.45, 7) is 3.74. The zero-order valence-corrected chi connectivity index (χ0v) is 6.05. The van der Waals surface area contributed by atoms with Gasteiger partial charge < -0.3 is 10.1 Å². The third-order valence-electron chi connectivity index (χ3n) is 1.94. The molecule has 0 unspecified atom stereocenters. The first-order valence-corrected chi connectivity index (χ1v) is 3.52. The molecule has 54 valence electrons. The standard InChI is InChI=1S/C8H11NO/c1-7-2-3-9-8(4-7)5-10-6-8/h2-4,9H,5-6H2,1H3. The number of allylic oxidation sites excluding steroid dienone is 2. The van der Waals surface area contributed by atoms with E-state index in [0.717, 1.165) is 13.2 Å². The second kappa shape index (κ2) is 1.86. The van der Waals surface area contributed by atoms with E-state index in [1.807, 2.05) is 6.20 Å². The van der Waals surface area contributed by atoms with Crippen molar-refractivity contribution in [2.75, 3.05) is 13.2 Å². The maximum atomic E-state index is 5.12. The van der Waals surface area contributed by atoms with Crippen molar-refractivity contribution in [3.8, 4) is 0 Å². The molecule has 2 heterocycles. The zero-order valence-electron chi connectivity index (χ0n) is 6.05. The zero-order chi connectivity index (χ0) is 7.03. The first-order chi connectivity index (χ1) is 4.81. The van der Waals surface area contributed by atoms with Gasteiger partial charge in [-0.15, -0.1) is 0 Å². The Bertz CT molecular complexity index is 201. The van der Waals surface area contributed by atoms with Gasteiger partial charge in [-0.1, -0.05) is 11.6 Å². The Labute approximate surface area is 60.6 Å². The molecule has 2 heteroatoms. The first-order valence-electron chi connectivity index (χ1n) is 3.52. The van der Waals surface area contributed by atoms with E-state index in [9.17, 15) is 0 Å². The van der Waals surface area contributed by atoms with Gasteiger partial charge in [-0.2, -0.15) is 0 Å². The highest BCUT2D eigenvalue weighted by Crippen LogP contribution is 2.22. The van der Waals surface area contributed by atoms with Gasteiger partial charge in [-0.25, -0.2) is 0 Å². The van der Waals surface area contributed by atoms with E-state index in [1.165, 1.54) is 5.57 Å². The molecule has 10 heavy (non-hydrogen) atoms. The van der Waals surface area contributed by atoms with Gasteiger partial charge in [0.05, 0.1) is 13.2 Å². The smallest absolute Gasteiger partial charge is 0.103 e. The van der Waals surface area contributed by atoms with E-state index in [4.69, 9.17) is 4.74 Å². The average Bonchev–Trinajstić information content (AvgIpc) is 1.85. The number of ether oxygens (including phenoxy) is 1. The van der Waals surface area contributed by atoms with Gasteiger partial charge in [0.2, 0.25) is 0 Å². The van der Waals surface area contributed by atoms with E-state index >= 15 is 0 Å². The lowest BCUT2D eigenvalue weighted by Gasteiger charge is -2.41. The Kier molecular flexibility index (Phi) is 1.11. The van der Waals surface area contributed by atoms with E-state index < -0.39 is 0 Å².